The Morgan fingerprint density at radius 2 is 2.35 bits per heavy atom. The molecule has 1 aromatic carbocycles. The summed E-state index contributed by atoms with van der Waals surface area (Å²) in [5.74, 6) is -0.283. The molecule has 4 nitrogen and oxygen atoms in total. The van der Waals surface area contributed by atoms with E-state index >= 15 is 0 Å². The Bertz CT molecular complexity index is 568. The average Bonchev–Trinajstić information content (AvgIpc) is 3.24. The topological polar surface area (TPSA) is 78.9 Å². The lowest BCUT2D eigenvalue weighted by atomic mass is 9.98. The maximum absolute atomic E-state index is 13.1. The fourth-order valence-electron chi connectivity index (χ4n) is 1.98. The molecule has 3 N–H and O–H groups in total. The highest BCUT2D eigenvalue weighted by molar-refractivity contribution is 8.00. The average molecular weight is 293 g/mol. The summed E-state index contributed by atoms with van der Waals surface area (Å²) in [4.78, 5) is 12.4. The number of rotatable bonds is 5. The molecule has 0 radical (unpaired) electrons. The van der Waals surface area contributed by atoms with Crippen molar-refractivity contribution in [3.63, 3.8) is 0 Å². The molecular weight excluding hydrogens is 277 g/mol. The van der Waals surface area contributed by atoms with Gasteiger partial charge in [-0.3, -0.25) is 4.79 Å². The first-order chi connectivity index (χ1) is 9.44. The van der Waals surface area contributed by atoms with Crippen LogP contribution < -0.4 is 11.1 Å². The van der Waals surface area contributed by atoms with Crippen LogP contribution in [0.4, 0.5) is 10.1 Å². The number of benzene rings is 1. The monoisotopic (exact) mass is 293 g/mol. The molecule has 1 aromatic rings. The fraction of sp³-hybridized carbons (Fsp3) is 0.429. The zero-order chi connectivity index (χ0) is 14.8. The molecule has 1 fully saturated rings. The Balaban J connectivity index is 1.92. The number of hydrogen-bond donors (Lipinski definition) is 2. The van der Waals surface area contributed by atoms with Crippen LogP contribution in [0.15, 0.2) is 23.1 Å². The van der Waals surface area contributed by atoms with Crippen LogP contribution in [0.2, 0.25) is 0 Å². The van der Waals surface area contributed by atoms with E-state index in [1.807, 2.05) is 0 Å². The number of amides is 1. The molecule has 0 spiro atoms. The maximum atomic E-state index is 13.1. The van der Waals surface area contributed by atoms with Crippen LogP contribution in [-0.4, -0.2) is 17.2 Å². The van der Waals surface area contributed by atoms with Gasteiger partial charge in [-0.2, -0.15) is 5.26 Å². The Morgan fingerprint density at radius 3 is 2.95 bits per heavy atom. The molecule has 1 amide bonds. The van der Waals surface area contributed by atoms with Gasteiger partial charge < -0.3 is 11.1 Å². The third-order valence-electron chi connectivity index (χ3n) is 3.36. The molecule has 6 heteroatoms. The van der Waals surface area contributed by atoms with Crippen LogP contribution in [-0.2, 0) is 4.79 Å². The van der Waals surface area contributed by atoms with Gasteiger partial charge in [0.2, 0.25) is 5.91 Å². The number of anilines is 1. The summed E-state index contributed by atoms with van der Waals surface area (Å²) in [5, 5.41) is 11.9. The minimum atomic E-state index is -0.800. The van der Waals surface area contributed by atoms with Crippen LogP contribution in [0.3, 0.4) is 0 Å². The second-order valence-electron chi connectivity index (χ2n) is 5.11. The van der Waals surface area contributed by atoms with Crippen molar-refractivity contribution in [2.24, 2.45) is 5.92 Å². The van der Waals surface area contributed by atoms with Gasteiger partial charge in [-0.1, -0.05) is 0 Å². The standard InChI is InChI=1S/C14H16FN3OS/c1-14(8-16,9-2-3-9)18-13(19)7-20-12-6-10(15)4-5-11(12)17/h4-6,9H,2-3,7,17H2,1H3,(H,18,19). The van der Waals surface area contributed by atoms with Crippen molar-refractivity contribution in [2.75, 3.05) is 11.5 Å². The van der Waals surface area contributed by atoms with E-state index in [4.69, 9.17) is 11.0 Å². The van der Waals surface area contributed by atoms with E-state index in [2.05, 4.69) is 11.4 Å². The minimum absolute atomic E-state index is 0.109. The number of nitriles is 1. The summed E-state index contributed by atoms with van der Waals surface area (Å²) >= 11 is 1.17. The van der Waals surface area contributed by atoms with E-state index in [-0.39, 0.29) is 23.4 Å². The van der Waals surface area contributed by atoms with Crippen LogP contribution in [0, 0.1) is 23.1 Å². The number of thioether (sulfide) groups is 1. The van der Waals surface area contributed by atoms with Crippen LogP contribution in [0.25, 0.3) is 0 Å². The normalized spacial score (nSPS) is 17.1. The highest BCUT2D eigenvalue weighted by Gasteiger charge is 2.42. The molecule has 1 saturated carbocycles. The highest BCUT2D eigenvalue weighted by Crippen LogP contribution is 2.39. The number of nitrogen functional groups attached to an aromatic ring is 1. The van der Waals surface area contributed by atoms with E-state index in [1.165, 1.54) is 30.0 Å². The summed E-state index contributed by atoms with van der Waals surface area (Å²) in [7, 11) is 0. The molecule has 0 bridgehead atoms. The van der Waals surface area contributed by atoms with Gasteiger partial charge >= 0.3 is 0 Å². The molecule has 0 saturated heterocycles. The molecule has 20 heavy (non-hydrogen) atoms. The van der Waals surface area contributed by atoms with Gasteiger partial charge in [-0.05, 0) is 43.9 Å². The van der Waals surface area contributed by atoms with Crippen molar-refractivity contribution in [1.29, 1.82) is 5.26 Å². The predicted octanol–water partition coefficient (Wildman–Crippen LogP) is 2.31. The summed E-state index contributed by atoms with van der Waals surface area (Å²) in [6.07, 6.45) is 1.93. The van der Waals surface area contributed by atoms with Gasteiger partial charge in [0.1, 0.15) is 11.4 Å². The van der Waals surface area contributed by atoms with Gasteiger partial charge in [0.05, 0.1) is 11.8 Å². The Labute approximate surface area is 121 Å². The first-order valence-electron chi connectivity index (χ1n) is 6.34. The lowest BCUT2D eigenvalue weighted by molar-refractivity contribution is -0.119. The smallest absolute Gasteiger partial charge is 0.231 e. The number of nitrogens with two attached hydrogens (primary N) is 1. The number of nitrogens with one attached hydrogen (secondary N) is 1. The number of hydrogen-bond acceptors (Lipinski definition) is 4. The quantitative estimate of drug-likeness (QED) is 0.645. The molecule has 1 aliphatic rings. The van der Waals surface area contributed by atoms with Crippen LogP contribution in [0.1, 0.15) is 19.8 Å². The number of carbonyl (C=O) groups is 1. The Kier molecular flexibility index (Phi) is 4.19. The molecule has 1 unspecified atom stereocenters. The van der Waals surface area contributed by atoms with Crippen molar-refractivity contribution in [3.05, 3.63) is 24.0 Å². The van der Waals surface area contributed by atoms with Crippen LogP contribution >= 0.6 is 11.8 Å². The zero-order valence-electron chi connectivity index (χ0n) is 11.1. The number of nitrogens with zero attached hydrogens (tertiary/aromatic N) is 1. The third-order valence-corrected chi connectivity index (χ3v) is 4.43. The van der Waals surface area contributed by atoms with Crippen molar-refractivity contribution in [3.8, 4) is 6.07 Å². The second-order valence-corrected chi connectivity index (χ2v) is 6.12. The molecular formula is C14H16FN3OS. The van der Waals surface area contributed by atoms with Gasteiger partial charge in [0.25, 0.3) is 0 Å². The lowest BCUT2D eigenvalue weighted by Gasteiger charge is -2.22. The largest absolute Gasteiger partial charge is 0.398 e. The van der Waals surface area contributed by atoms with Gasteiger partial charge in [0, 0.05) is 10.6 Å². The van der Waals surface area contributed by atoms with Crippen molar-refractivity contribution in [2.45, 2.75) is 30.2 Å². The Morgan fingerprint density at radius 1 is 1.65 bits per heavy atom. The van der Waals surface area contributed by atoms with Gasteiger partial charge in [-0.15, -0.1) is 11.8 Å². The second kappa shape index (κ2) is 5.71. The molecule has 0 aromatic heterocycles. The first kappa shape index (κ1) is 14.7. The Hall–Kier alpha value is -1.74. The van der Waals surface area contributed by atoms with E-state index < -0.39 is 5.54 Å². The van der Waals surface area contributed by atoms with E-state index in [0.717, 1.165) is 12.8 Å². The third kappa shape index (κ3) is 3.42. The van der Waals surface area contributed by atoms with E-state index in [0.29, 0.717) is 10.6 Å². The SMILES string of the molecule is CC(C#N)(NC(=O)CSc1cc(F)ccc1N)C1CC1. The van der Waals surface area contributed by atoms with Crippen molar-refractivity contribution in [1.82, 2.24) is 5.32 Å². The molecule has 2 rings (SSSR count). The number of halogens is 1. The van der Waals surface area contributed by atoms with E-state index in [9.17, 15) is 9.18 Å². The van der Waals surface area contributed by atoms with Crippen molar-refractivity contribution >= 4 is 23.4 Å². The highest BCUT2D eigenvalue weighted by atomic mass is 32.2. The maximum Gasteiger partial charge on any atom is 0.231 e. The summed E-state index contributed by atoms with van der Waals surface area (Å²) in [5.41, 5.74) is 5.35. The first-order valence-corrected chi connectivity index (χ1v) is 7.33. The molecule has 0 heterocycles. The molecule has 1 aliphatic carbocycles. The lowest BCUT2D eigenvalue weighted by Crippen LogP contribution is -2.47. The molecule has 1 atom stereocenters. The predicted molar refractivity (Wildman–Crippen MR) is 76.4 cm³/mol. The molecule has 0 aliphatic heterocycles. The van der Waals surface area contributed by atoms with Gasteiger partial charge in [-0.25, -0.2) is 4.39 Å². The van der Waals surface area contributed by atoms with Crippen LogP contribution in [0.5, 0.6) is 0 Å². The van der Waals surface area contributed by atoms with Gasteiger partial charge in [0.15, 0.2) is 0 Å². The zero-order valence-corrected chi connectivity index (χ0v) is 12.0. The fourth-order valence-corrected chi connectivity index (χ4v) is 2.77. The van der Waals surface area contributed by atoms with Crippen molar-refractivity contribution < 1.29 is 9.18 Å². The number of carbonyl (C=O) groups excluding carboxylic acids is 1. The van der Waals surface area contributed by atoms with E-state index in [1.54, 1.807) is 6.92 Å². The summed E-state index contributed by atoms with van der Waals surface area (Å²) < 4.78 is 13.1. The summed E-state index contributed by atoms with van der Waals surface area (Å²) in [6, 6.07) is 6.22. The summed E-state index contributed by atoms with van der Waals surface area (Å²) in [6.45, 7) is 1.74. The molecule has 106 valence electrons. The minimum Gasteiger partial charge on any atom is -0.398 e.